The average Bonchev–Trinajstić information content (AvgIpc) is 2.77. The Morgan fingerprint density at radius 3 is 3.06 bits per heavy atom. The summed E-state index contributed by atoms with van der Waals surface area (Å²) in [4.78, 5) is 4.32. The molecule has 0 aromatic carbocycles. The largest absolute Gasteiger partial charge is 0.374 e. The van der Waals surface area contributed by atoms with Gasteiger partial charge >= 0.3 is 0 Å². The van der Waals surface area contributed by atoms with Gasteiger partial charge in [0.2, 0.25) is 0 Å². The van der Waals surface area contributed by atoms with E-state index in [2.05, 4.69) is 28.7 Å². The molecule has 102 valence electrons. The van der Waals surface area contributed by atoms with Crippen LogP contribution in [0.3, 0.4) is 0 Å². The van der Waals surface area contributed by atoms with E-state index in [1.54, 1.807) is 0 Å². The zero-order chi connectivity index (χ0) is 13.0. The van der Waals surface area contributed by atoms with E-state index in [9.17, 15) is 0 Å². The second-order valence-corrected chi connectivity index (χ2v) is 5.68. The molecule has 0 amide bonds. The topological polar surface area (TPSA) is 39.1 Å². The molecular weight excluding hydrogens is 226 g/mol. The molecule has 0 bridgehead atoms. The van der Waals surface area contributed by atoms with E-state index in [4.69, 9.17) is 4.74 Å². The van der Waals surface area contributed by atoms with Crippen LogP contribution in [0.25, 0.3) is 0 Å². The Bertz CT molecular complexity index is 367. The summed E-state index contributed by atoms with van der Waals surface area (Å²) in [6, 6.07) is 0. The normalized spacial score (nSPS) is 21.2. The van der Waals surface area contributed by atoms with E-state index in [0.29, 0.717) is 5.92 Å². The van der Waals surface area contributed by atoms with Crippen LogP contribution in [-0.2, 0) is 11.3 Å². The first kappa shape index (κ1) is 13.6. The monoisotopic (exact) mass is 251 g/mol. The number of rotatable bonds is 5. The van der Waals surface area contributed by atoms with Gasteiger partial charge in [0.05, 0.1) is 18.5 Å². The molecule has 1 unspecified atom stereocenters. The highest BCUT2D eigenvalue weighted by Gasteiger charge is 2.23. The van der Waals surface area contributed by atoms with Crippen molar-refractivity contribution in [2.45, 2.75) is 51.7 Å². The summed E-state index contributed by atoms with van der Waals surface area (Å²) < 4.78 is 8.04. The average molecular weight is 251 g/mol. The van der Waals surface area contributed by atoms with Crippen LogP contribution in [0.15, 0.2) is 12.5 Å². The maximum Gasteiger partial charge on any atom is 0.0949 e. The second-order valence-electron chi connectivity index (χ2n) is 5.68. The lowest BCUT2D eigenvalue weighted by Gasteiger charge is -2.29. The number of ether oxygens (including phenoxy) is 1. The quantitative estimate of drug-likeness (QED) is 0.871. The number of piperidine rings is 1. The fraction of sp³-hybridized carbons (Fsp3) is 0.786. The highest BCUT2D eigenvalue weighted by atomic mass is 16.5. The molecule has 1 fully saturated rings. The van der Waals surface area contributed by atoms with Crippen molar-refractivity contribution in [3.63, 3.8) is 0 Å². The molecule has 18 heavy (non-hydrogen) atoms. The molecule has 1 atom stereocenters. The third-order valence-corrected chi connectivity index (χ3v) is 3.55. The van der Waals surface area contributed by atoms with E-state index < -0.39 is 0 Å². The summed E-state index contributed by atoms with van der Waals surface area (Å²) in [5, 5.41) is 3.47. The maximum atomic E-state index is 5.78. The van der Waals surface area contributed by atoms with Crippen molar-refractivity contribution < 1.29 is 4.74 Å². The Morgan fingerprint density at radius 2 is 2.39 bits per heavy atom. The van der Waals surface area contributed by atoms with Gasteiger partial charge in [-0.05, 0) is 40.2 Å². The predicted octanol–water partition coefficient (Wildman–Crippen LogP) is 2.17. The minimum absolute atomic E-state index is 0.133. The van der Waals surface area contributed by atoms with Crippen molar-refractivity contribution >= 4 is 0 Å². The van der Waals surface area contributed by atoms with E-state index in [0.717, 1.165) is 26.2 Å². The van der Waals surface area contributed by atoms with Crippen molar-refractivity contribution in [3.8, 4) is 0 Å². The van der Waals surface area contributed by atoms with Gasteiger partial charge in [0.25, 0.3) is 0 Å². The smallest absolute Gasteiger partial charge is 0.0949 e. The summed E-state index contributed by atoms with van der Waals surface area (Å²) in [7, 11) is 0. The Labute approximate surface area is 110 Å². The van der Waals surface area contributed by atoms with Crippen molar-refractivity contribution in [2.75, 3.05) is 19.7 Å². The molecule has 0 radical (unpaired) electrons. The molecular formula is C14H25N3O. The van der Waals surface area contributed by atoms with Gasteiger partial charge in [-0.25, -0.2) is 4.98 Å². The number of aromatic nitrogens is 2. The van der Waals surface area contributed by atoms with E-state index in [-0.39, 0.29) is 5.60 Å². The second kappa shape index (κ2) is 5.85. The minimum atomic E-state index is -0.133. The summed E-state index contributed by atoms with van der Waals surface area (Å²) >= 11 is 0. The molecule has 1 aromatic rings. The van der Waals surface area contributed by atoms with Crippen LogP contribution < -0.4 is 5.32 Å². The third kappa shape index (κ3) is 3.33. The van der Waals surface area contributed by atoms with Crippen LogP contribution in [0.4, 0.5) is 0 Å². The molecule has 2 heterocycles. The molecule has 4 heteroatoms. The van der Waals surface area contributed by atoms with Crippen LogP contribution in [0, 0.1) is 0 Å². The Kier molecular flexibility index (Phi) is 4.40. The van der Waals surface area contributed by atoms with Crippen molar-refractivity contribution in [3.05, 3.63) is 18.2 Å². The zero-order valence-corrected chi connectivity index (χ0v) is 11.8. The van der Waals surface area contributed by atoms with Crippen LogP contribution in [0.2, 0.25) is 0 Å². The molecule has 0 saturated carbocycles. The Hall–Kier alpha value is -0.870. The SMILES string of the molecule is CCOC(C)(C)Cn1cncc1C1CCCNC1. The molecule has 4 nitrogen and oxygen atoms in total. The first-order valence-corrected chi connectivity index (χ1v) is 6.97. The molecule has 0 spiro atoms. The number of nitrogens with zero attached hydrogens (tertiary/aromatic N) is 2. The first-order valence-electron chi connectivity index (χ1n) is 6.97. The maximum absolute atomic E-state index is 5.78. The van der Waals surface area contributed by atoms with Gasteiger partial charge < -0.3 is 14.6 Å². The van der Waals surface area contributed by atoms with Crippen LogP contribution in [-0.4, -0.2) is 34.8 Å². The van der Waals surface area contributed by atoms with Crippen LogP contribution in [0.1, 0.15) is 45.2 Å². The standard InChI is InChI=1S/C14H25N3O/c1-4-18-14(2,3)10-17-11-16-9-13(17)12-6-5-7-15-8-12/h9,11-12,15H,4-8,10H2,1-3H3. The summed E-state index contributed by atoms with van der Waals surface area (Å²) in [6.07, 6.45) is 6.46. The van der Waals surface area contributed by atoms with E-state index in [1.807, 2.05) is 19.4 Å². The molecule has 1 aliphatic heterocycles. The third-order valence-electron chi connectivity index (χ3n) is 3.55. The highest BCUT2D eigenvalue weighted by molar-refractivity contribution is 5.09. The van der Waals surface area contributed by atoms with Gasteiger partial charge in [-0.1, -0.05) is 0 Å². The number of nitrogens with one attached hydrogen (secondary N) is 1. The van der Waals surface area contributed by atoms with E-state index in [1.165, 1.54) is 18.5 Å². The molecule has 0 aliphatic carbocycles. The molecule has 1 aliphatic rings. The Balaban J connectivity index is 2.07. The summed E-state index contributed by atoms with van der Waals surface area (Å²) in [5.41, 5.74) is 1.21. The first-order chi connectivity index (χ1) is 8.62. The number of hydrogen-bond donors (Lipinski definition) is 1. The molecule has 1 saturated heterocycles. The lowest BCUT2D eigenvalue weighted by molar-refractivity contribution is -0.0230. The van der Waals surface area contributed by atoms with Crippen molar-refractivity contribution in [2.24, 2.45) is 0 Å². The predicted molar refractivity (Wildman–Crippen MR) is 72.8 cm³/mol. The molecule has 1 N–H and O–H groups in total. The van der Waals surface area contributed by atoms with Gasteiger partial charge in [0.1, 0.15) is 0 Å². The molecule has 1 aromatic heterocycles. The van der Waals surface area contributed by atoms with Crippen molar-refractivity contribution in [1.82, 2.24) is 14.9 Å². The van der Waals surface area contributed by atoms with Crippen LogP contribution >= 0.6 is 0 Å². The number of hydrogen-bond acceptors (Lipinski definition) is 3. The van der Waals surface area contributed by atoms with Gasteiger partial charge in [-0.3, -0.25) is 0 Å². The summed E-state index contributed by atoms with van der Waals surface area (Å²) in [5.74, 6) is 0.596. The lowest BCUT2D eigenvalue weighted by atomic mass is 9.96. The Morgan fingerprint density at radius 1 is 1.56 bits per heavy atom. The van der Waals surface area contributed by atoms with Gasteiger partial charge in [0, 0.05) is 31.0 Å². The van der Waals surface area contributed by atoms with Gasteiger partial charge in [0.15, 0.2) is 0 Å². The lowest BCUT2D eigenvalue weighted by Crippen LogP contribution is -2.33. The highest BCUT2D eigenvalue weighted by Crippen LogP contribution is 2.24. The minimum Gasteiger partial charge on any atom is -0.374 e. The fourth-order valence-corrected chi connectivity index (χ4v) is 2.75. The van der Waals surface area contributed by atoms with Crippen LogP contribution in [0.5, 0.6) is 0 Å². The molecule has 2 rings (SSSR count). The van der Waals surface area contributed by atoms with E-state index >= 15 is 0 Å². The van der Waals surface area contributed by atoms with Crippen molar-refractivity contribution in [1.29, 1.82) is 0 Å². The zero-order valence-electron chi connectivity index (χ0n) is 11.8. The van der Waals surface area contributed by atoms with Gasteiger partial charge in [-0.2, -0.15) is 0 Å². The number of imidazole rings is 1. The summed E-state index contributed by atoms with van der Waals surface area (Å²) in [6.45, 7) is 10.2. The fourth-order valence-electron chi connectivity index (χ4n) is 2.75. The van der Waals surface area contributed by atoms with Gasteiger partial charge in [-0.15, -0.1) is 0 Å².